The number of aliphatic imine (C=N–C) groups is 1. The van der Waals surface area contributed by atoms with E-state index < -0.39 is 0 Å². The van der Waals surface area contributed by atoms with Crippen molar-refractivity contribution in [3.8, 4) is 5.75 Å². The van der Waals surface area contributed by atoms with Gasteiger partial charge in [0.05, 0.1) is 18.4 Å². The summed E-state index contributed by atoms with van der Waals surface area (Å²) < 4.78 is 6.41. The fourth-order valence-electron chi connectivity index (χ4n) is 3.20. The number of ether oxygens (including phenoxy) is 1. The van der Waals surface area contributed by atoms with Gasteiger partial charge >= 0.3 is 0 Å². The molecule has 0 aromatic heterocycles. The fraction of sp³-hybridized carbons (Fsp3) is 0.0833. The van der Waals surface area contributed by atoms with Gasteiger partial charge in [-0.1, -0.05) is 64.0 Å². The van der Waals surface area contributed by atoms with E-state index in [1.54, 1.807) is 12.0 Å². The number of methoxy groups -OCH3 is 1. The van der Waals surface area contributed by atoms with E-state index in [9.17, 15) is 4.79 Å². The van der Waals surface area contributed by atoms with Crippen LogP contribution in [0.3, 0.4) is 0 Å². The lowest BCUT2D eigenvalue weighted by molar-refractivity contribution is -0.113. The van der Waals surface area contributed by atoms with Crippen molar-refractivity contribution in [2.24, 2.45) is 4.99 Å². The first kappa shape index (κ1) is 19.2. The second-order valence-corrected chi connectivity index (χ2v) is 7.61. The van der Waals surface area contributed by atoms with Gasteiger partial charge in [0.1, 0.15) is 11.4 Å². The highest BCUT2D eigenvalue weighted by Crippen LogP contribution is 2.32. The van der Waals surface area contributed by atoms with Gasteiger partial charge in [-0.15, -0.1) is 0 Å². The van der Waals surface area contributed by atoms with Crippen molar-refractivity contribution in [2.45, 2.75) is 6.92 Å². The Bertz CT molecular complexity index is 1130. The minimum absolute atomic E-state index is 0.176. The van der Waals surface area contributed by atoms with Crippen LogP contribution in [0.5, 0.6) is 5.75 Å². The van der Waals surface area contributed by atoms with Crippen LogP contribution in [0.15, 0.2) is 88.0 Å². The summed E-state index contributed by atoms with van der Waals surface area (Å²) in [6, 6.07) is 23.2. The van der Waals surface area contributed by atoms with Crippen LogP contribution < -0.4 is 9.64 Å². The molecule has 0 radical (unpaired) electrons. The molecule has 0 saturated heterocycles. The van der Waals surface area contributed by atoms with Crippen LogP contribution in [0.2, 0.25) is 0 Å². The van der Waals surface area contributed by atoms with E-state index in [4.69, 9.17) is 9.73 Å². The van der Waals surface area contributed by atoms with E-state index >= 15 is 0 Å². The first-order valence-electron chi connectivity index (χ1n) is 9.17. The maximum absolute atomic E-state index is 13.4. The predicted molar refractivity (Wildman–Crippen MR) is 120 cm³/mol. The van der Waals surface area contributed by atoms with Crippen LogP contribution in [0.4, 0.5) is 5.69 Å². The molecule has 0 spiro atoms. The molecule has 4 rings (SSSR count). The van der Waals surface area contributed by atoms with Crippen LogP contribution in [-0.2, 0) is 4.79 Å². The number of amides is 1. The number of rotatable bonds is 4. The molecule has 0 aliphatic carbocycles. The lowest BCUT2D eigenvalue weighted by Gasteiger charge is -2.20. The molecule has 3 aromatic carbocycles. The Morgan fingerprint density at radius 3 is 2.48 bits per heavy atom. The van der Waals surface area contributed by atoms with Gasteiger partial charge < -0.3 is 4.74 Å². The Labute approximate surface area is 178 Å². The summed E-state index contributed by atoms with van der Waals surface area (Å²) in [5.41, 5.74) is 3.98. The van der Waals surface area contributed by atoms with Crippen molar-refractivity contribution >= 4 is 39.4 Å². The maximum Gasteiger partial charge on any atom is 0.282 e. The number of hydrogen-bond acceptors (Lipinski definition) is 3. The smallest absolute Gasteiger partial charge is 0.282 e. The maximum atomic E-state index is 13.4. The van der Waals surface area contributed by atoms with Crippen LogP contribution in [0.1, 0.15) is 16.7 Å². The largest absolute Gasteiger partial charge is 0.496 e. The second kappa shape index (κ2) is 8.05. The third kappa shape index (κ3) is 3.87. The summed E-state index contributed by atoms with van der Waals surface area (Å²) in [4.78, 5) is 19.7. The van der Waals surface area contributed by atoms with E-state index in [2.05, 4.69) is 15.9 Å². The highest BCUT2D eigenvalue weighted by atomic mass is 79.9. The van der Waals surface area contributed by atoms with Crippen LogP contribution in [0.25, 0.3) is 6.08 Å². The molecule has 0 unspecified atom stereocenters. The van der Waals surface area contributed by atoms with Gasteiger partial charge in [0.15, 0.2) is 5.84 Å². The fourth-order valence-corrected chi connectivity index (χ4v) is 3.59. The standard InChI is InChI=1S/C24H19BrN2O2/c1-16-10-12-17(13-11-16)14-21-24(28)27(19-7-5-6-18(25)15-19)23(26-21)20-8-3-4-9-22(20)29-2/h3-15H,1-2H3/b21-14+. The molecule has 144 valence electrons. The van der Waals surface area contributed by atoms with Crippen molar-refractivity contribution < 1.29 is 9.53 Å². The zero-order chi connectivity index (χ0) is 20.4. The Balaban J connectivity index is 1.86. The summed E-state index contributed by atoms with van der Waals surface area (Å²) >= 11 is 3.49. The van der Waals surface area contributed by atoms with Crippen molar-refractivity contribution in [2.75, 3.05) is 12.0 Å². The number of anilines is 1. The lowest BCUT2D eigenvalue weighted by atomic mass is 10.1. The first-order valence-corrected chi connectivity index (χ1v) is 9.96. The molecule has 3 aromatic rings. The number of benzene rings is 3. The molecule has 0 N–H and O–H groups in total. The molecule has 1 amide bonds. The predicted octanol–water partition coefficient (Wildman–Crippen LogP) is 5.60. The van der Waals surface area contributed by atoms with Crippen molar-refractivity contribution in [1.29, 1.82) is 0 Å². The zero-order valence-corrected chi connectivity index (χ0v) is 17.7. The average molecular weight is 447 g/mol. The molecule has 29 heavy (non-hydrogen) atoms. The molecular weight excluding hydrogens is 428 g/mol. The number of amidine groups is 1. The van der Waals surface area contributed by atoms with Gasteiger partial charge in [0.2, 0.25) is 0 Å². The van der Waals surface area contributed by atoms with Gasteiger partial charge in [-0.25, -0.2) is 4.99 Å². The van der Waals surface area contributed by atoms with Gasteiger partial charge in [0.25, 0.3) is 5.91 Å². The molecule has 0 atom stereocenters. The number of aryl methyl sites for hydroxylation is 1. The Morgan fingerprint density at radius 2 is 1.76 bits per heavy atom. The summed E-state index contributed by atoms with van der Waals surface area (Å²) in [6.07, 6.45) is 1.81. The van der Waals surface area contributed by atoms with Crippen LogP contribution in [0, 0.1) is 6.92 Å². The summed E-state index contributed by atoms with van der Waals surface area (Å²) in [5.74, 6) is 1.03. The molecule has 5 heteroatoms. The minimum atomic E-state index is -0.176. The second-order valence-electron chi connectivity index (χ2n) is 6.70. The monoisotopic (exact) mass is 446 g/mol. The van der Waals surface area contributed by atoms with E-state index in [1.807, 2.05) is 85.8 Å². The van der Waals surface area contributed by atoms with E-state index in [-0.39, 0.29) is 5.91 Å². The van der Waals surface area contributed by atoms with Crippen LogP contribution >= 0.6 is 15.9 Å². The zero-order valence-electron chi connectivity index (χ0n) is 16.1. The van der Waals surface area contributed by atoms with Crippen molar-refractivity contribution in [3.63, 3.8) is 0 Å². The summed E-state index contributed by atoms with van der Waals surface area (Å²) in [5, 5.41) is 0. The van der Waals surface area contributed by atoms with Crippen molar-refractivity contribution in [3.05, 3.63) is 99.7 Å². The number of nitrogens with zero attached hydrogens (tertiary/aromatic N) is 2. The Hall–Kier alpha value is -3.18. The molecule has 1 aliphatic heterocycles. The van der Waals surface area contributed by atoms with Gasteiger partial charge in [-0.3, -0.25) is 9.69 Å². The first-order chi connectivity index (χ1) is 14.1. The van der Waals surface area contributed by atoms with Gasteiger partial charge in [0, 0.05) is 4.47 Å². The van der Waals surface area contributed by atoms with Crippen LogP contribution in [-0.4, -0.2) is 18.9 Å². The number of halogens is 1. The summed E-state index contributed by atoms with van der Waals surface area (Å²) in [6.45, 7) is 2.03. The topological polar surface area (TPSA) is 41.9 Å². The lowest BCUT2D eigenvalue weighted by Crippen LogP contribution is -2.32. The normalized spacial score (nSPS) is 15.0. The third-order valence-corrected chi connectivity index (χ3v) is 5.15. The number of carbonyl (C=O) groups is 1. The Kier molecular flexibility index (Phi) is 5.32. The molecule has 4 nitrogen and oxygen atoms in total. The highest BCUT2D eigenvalue weighted by molar-refractivity contribution is 9.10. The van der Waals surface area contributed by atoms with E-state index in [1.165, 1.54) is 5.56 Å². The van der Waals surface area contributed by atoms with Crippen molar-refractivity contribution in [1.82, 2.24) is 0 Å². The number of para-hydroxylation sites is 1. The quantitative estimate of drug-likeness (QED) is 0.489. The highest BCUT2D eigenvalue weighted by Gasteiger charge is 2.33. The molecule has 0 fully saturated rings. The molecular formula is C24H19BrN2O2. The van der Waals surface area contributed by atoms with Gasteiger partial charge in [-0.2, -0.15) is 0 Å². The SMILES string of the molecule is COc1ccccc1C1=N/C(=C/c2ccc(C)cc2)C(=O)N1c1cccc(Br)c1. The van der Waals surface area contributed by atoms with Gasteiger partial charge in [-0.05, 0) is 48.9 Å². The van der Waals surface area contributed by atoms with E-state index in [0.29, 0.717) is 17.3 Å². The molecule has 1 heterocycles. The third-order valence-electron chi connectivity index (χ3n) is 4.66. The minimum Gasteiger partial charge on any atom is -0.496 e. The van der Waals surface area contributed by atoms with E-state index in [0.717, 1.165) is 21.3 Å². The Morgan fingerprint density at radius 1 is 1.00 bits per heavy atom. The molecule has 0 saturated carbocycles. The number of carbonyl (C=O) groups excluding carboxylic acids is 1. The average Bonchev–Trinajstić information content (AvgIpc) is 3.05. The molecule has 0 bridgehead atoms. The number of hydrogen-bond donors (Lipinski definition) is 0. The molecule has 1 aliphatic rings. The summed E-state index contributed by atoms with van der Waals surface area (Å²) in [7, 11) is 1.61.